The number of ether oxygens (including phenoxy) is 1. The molecule has 9 nitrogen and oxygen atoms in total. The SMILES string of the molecule is COP(=O)(OC)OCC(NC(=O)OC(C)(C)C)C(O)/C=C/CCCCSC(C)=O. The molecule has 0 saturated heterocycles. The molecule has 2 unspecified atom stereocenters. The van der Waals surface area contributed by atoms with Crippen LogP contribution >= 0.6 is 19.6 Å². The average Bonchev–Trinajstić information content (AvgIpc) is 2.62. The van der Waals surface area contributed by atoms with Crippen molar-refractivity contribution >= 4 is 30.8 Å². The van der Waals surface area contributed by atoms with Crippen LogP contribution < -0.4 is 5.32 Å². The van der Waals surface area contributed by atoms with Gasteiger partial charge in [0, 0.05) is 26.9 Å². The summed E-state index contributed by atoms with van der Waals surface area (Å²) in [5.41, 5.74) is -0.720. The molecule has 0 aromatic rings. The lowest BCUT2D eigenvalue weighted by molar-refractivity contribution is -0.109. The summed E-state index contributed by atoms with van der Waals surface area (Å²) in [6.45, 7) is 6.35. The molecule has 0 aromatic carbocycles. The van der Waals surface area contributed by atoms with E-state index in [1.807, 2.05) is 0 Å². The summed E-state index contributed by atoms with van der Waals surface area (Å²) >= 11 is 1.28. The lowest BCUT2D eigenvalue weighted by Crippen LogP contribution is -2.47. The van der Waals surface area contributed by atoms with Crippen molar-refractivity contribution in [2.45, 2.75) is 64.7 Å². The summed E-state index contributed by atoms with van der Waals surface area (Å²) in [6.07, 6.45) is 3.86. The van der Waals surface area contributed by atoms with Gasteiger partial charge in [0.05, 0.1) is 18.8 Å². The van der Waals surface area contributed by atoms with E-state index in [2.05, 4.69) is 5.32 Å². The van der Waals surface area contributed by atoms with E-state index in [0.29, 0.717) is 6.42 Å². The van der Waals surface area contributed by atoms with E-state index < -0.39 is 31.7 Å². The number of phosphoric ester groups is 1. The molecule has 11 heteroatoms. The van der Waals surface area contributed by atoms with E-state index in [0.717, 1.165) is 18.6 Å². The molecule has 0 spiro atoms. The van der Waals surface area contributed by atoms with Crippen LogP contribution in [0.3, 0.4) is 0 Å². The number of alkyl carbamates (subject to hydrolysis) is 1. The van der Waals surface area contributed by atoms with Crippen molar-refractivity contribution in [2.24, 2.45) is 0 Å². The topological polar surface area (TPSA) is 120 Å². The van der Waals surface area contributed by atoms with Crippen LogP contribution in [-0.4, -0.2) is 60.6 Å². The molecule has 0 aliphatic carbocycles. The van der Waals surface area contributed by atoms with Gasteiger partial charge in [-0.15, -0.1) is 0 Å². The predicted octanol–water partition coefficient (Wildman–Crippen LogP) is 3.66. The maximum Gasteiger partial charge on any atom is 0.474 e. The van der Waals surface area contributed by atoms with Gasteiger partial charge in [-0.05, 0) is 40.0 Å². The molecule has 0 rings (SSSR count). The lowest BCUT2D eigenvalue weighted by atomic mass is 10.1. The highest BCUT2D eigenvalue weighted by Crippen LogP contribution is 2.47. The third kappa shape index (κ3) is 14.7. The standard InChI is InChI=1S/C18H34NO8PS/c1-14(20)29-12-10-8-7-9-11-16(21)15(13-26-28(23,24-5)25-6)19-17(22)27-18(2,3)4/h9,11,15-16,21H,7-8,10,12-13H2,1-6H3,(H,19,22)/b11-9+. The fourth-order valence-electron chi connectivity index (χ4n) is 1.99. The Bertz CT molecular complexity index is 571. The van der Waals surface area contributed by atoms with E-state index in [4.69, 9.17) is 18.3 Å². The summed E-state index contributed by atoms with van der Waals surface area (Å²) in [6, 6.07) is -0.937. The Morgan fingerprint density at radius 2 is 1.83 bits per heavy atom. The van der Waals surface area contributed by atoms with Crippen molar-refractivity contribution in [1.29, 1.82) is 0 Å². The zero-order chi connectivity index (χ0) is 22.5. The van der Waals surface area contributed by atoms with Crippen molar-refractivity contribution in [3.63, 3.8) is 0 Å². The molecule has 0 aliphatic rings. The molecule has 2 atom stereocenters. The summed E-state index contributed by atoms with van der Waals surface area (Å²) in [4.78, 5) is 22.9. The first kappa shape index (κ1) is 28.1. The van der Waals surface area contributed by atoms with Crippen molar-refractivity contribution in [3.05, 3.63) is 12.2 Å². The van der Waals surface area contributed by atoms with Gasteiger partial charge < -0.3 is 15.2 Å². The molecule has 1 amide bonds. The normalized spacial score (nSPS) is 14.6. The summed E-state index contributed by atoms with van der Waals surface area (Å²) in [5.74, 6) is 0.756. The Hall–Kier alpha value is -0.900. The van der Waals surface area contributed by atoms with Gasteiger partial charge in [-0.2, -0.15) is 0 Å². The first-order valence-corrected chi connectivity index (χ1v) is 11.7. The highest BCUT2D eigenvalue weighted by Gasteiger charge is 2.29. The van der Waals surface area contributed by atoms with E-state index in [9.17, 15) is 19.3 Å². The summed E-state index contributed by atoms with van der Waals surface area (Å²) in [7, 11) is -1.43. The second kappa shape index (κ2) is 14.2. The Morgan fingerprint density at radius 3 is 2.34 bits per heavy atom. The lowest BCUT2D eigenvalue weighted by Gasteiger charge is -2.26. The molecule has 29 heavy (non-hydrogen) atoms. The Kier molecular flexibility index (Phi) is 13.7. The third-order valence-corrected chi connectivity index (χ3v) is 5.64. The van der Waals surface area contributed by atoms with Crippen molar-refractivity contribution in [2.75, 3.05) is 26.6 Å². The second-order valence-electron chi connectivity index (χ2n) is 7.12. The minimum Gasteiger partial charge on any atom is -0.444 e. The zero-order valence-electron chi connectivity index (χ0n) is 18.0. The number of amides is 1. The molecule has 0 aromatic heterocycles. The number of aliphatic hydroxyl groups excluding tert-OH is 1. The Labute approximate surface area is 177 Å². The van der Waals surface area contributed by atoms with Crippen LogP contribution in [0.1, 0.15) is 47.0 Å². The number of carbonyl (C=O) groups is 2. The number of unbranched alkanes of at least 4 members (excludes halogenated alkanes) is 2. The molecule has 0 heterocycles. The largest absolute Gasteiger partial charge is 0.474 e. The molecular weight excluding hydrogens is 421 g/mol. The van der Waals surface area contributed by atoms with Crippen molar-refractivity contribution < 1.29 is 37.6 Å². The Morgan fingerprint density at radius 1 is 1.21 bits per heavy atom. The van der Waals surface area contributed by atoms with Gasteiger partial charge in [0.1, 0.15) is 5.60 Å². The molecular formula is C18H34NO8PS. The fourth-order valence-corrected chi connectivity index (χ4v) is 3.33. The minimum absolute atomic E-state index is 0.0939. The van der Waals surface area contributed by atoms with Gasteiger partial charge in [0.15, 0.2) is 5.12 Å². The first-order chi connectivity index (χ1) is 13.4. The molecule has 0 aliphatic heterocycles. The number of hydrogen-bond acceptors (Lipinski definition) is 9. The van der Waals surface area contributed by atoms with Gasteiger partial charge in [-0.25, -0.2) is 9.36 Å². The zero-order valence-corrected chi connectivity index (χ0v) is 19.7. The van der Waals surface area contributed by atoms with E-state index in [-0.39, 0.29) is 11.7 Å². The van der Waals surface area contributed by atoms with Crippen LogP contribution in [0.15, 0.2) is 12.2 Å². The third-order valence-electron chi connectivity index (χ3n) is 3.38. The average molecular weight is 456 g/mol. The molecule has 2 N–H and O–H groups in total. The number of thioether (sulfide) groups is 1. The van der Waals surface area contributed by atoms with Gasteiger partial charge >= 0.3 is 13.9 Å². The minimum atomic E-state index is -3.77. The maximum absolute atomic E-state index is 12.1. The van der Waals surface area contributed by atoms with Crippen LogP contribution in [0.2, 0.25) is 0 Å². The van der Waals surface area contributed by atoms with Gasteiger partial charge in [0.2, 0.25) is 0 Å². The second-order valence-corrected chi connectivity index (χ2v) is 10.3. The summed E-state index contributed by atoms with van der Waals surface area (Å²) in [5, 5.41) is 13.0. The van der Waals surface area contributed by atoms with E-state index in [1.54, 1.807) is 26.8 Å². The Balaban J connectivity index is 4.79. The summed E-state index contributed by atoms with van der Waals surface area (Å²) < 4.78 is 31.8. The van der Waals surface area contributed by atoms with Crippen LogP contribution in [0.25, 0.3) is 0 Å². The molecule has 0 bridgehead atoms. The van der Waals surface area contributed by atoms with Crippen LogP contribution in [0.5, 0.6) is 0 Å². The van der Waals surface area contributed by atoms with E-state index >= 15 is 0 Å². The molecule has 170 valence electrons. The molecule has 0 saturated carbocycles. The van der Waals surface area contributed by atoms with Gasteiger partial charge in [0.25, 0.3) is 0 Å². The number of rotatable bonds is 13. The monoisotopic (exact) mass is 455 g/mol. The van der Waals surface area contributed by atoms with Crippen molar-refractivity contribution in [1.82, 2.24) is 5.32 Å². The van der Waals surface area contributed by atoms with Crippen molar-refractivity contribution in [3.8, 4) is 0 Å². The number of aliphatic hydroxyl groups is 1. The van der Waals surface area contributed by atoms with Crippen LogP contribution in [0, 0.1) is 0 Å². The molecule has 0 fully saturated rings. The number of phosphoric acid groups is 1. The first-order valence-electron chi connectivity index (χ1n) is 9.26. The fraction of sp³-hybridized carbons (Fsp3) is 0.778. The predicted molar refractivity (Wildman–Crippen MR) is 113 cm³/mol. The van der Waals surface area contributed by atoms with Crippen LogP contribution in [0.4, 0.5) is 4.79 Å². The number of allylic oxidation sites excluding steroid dienone is 1. The smallest absolute Gasteiger partial charge is 0.444 e. The highest BCUT2D eigenvalue weighted by atomic mass is 32.2. The number of hydrogen-bond donors (Lipinski definition) is 2. The molecule has 0 radical (unpaired) electrons. The number of nitrogens with one attached hydrogen (secondary N) is 1. The van der Waals surface area contributed by atoms with E-state index in [1.165, 1.54) is 39.0 Å². The van der Waals surface area contributed by atoms with Gasteiger partial charge in [-0.3, -0.25) is 18.4 Å². The maximum atomic E-state index is 12.1. The van der Waals surface area contributed by atoms with Gasteiger partial charge in [-0.1, -0.05) is 23.9 Å². The van der Waals surface area contributed by atoms with Crippen LogP contribution in [-0.2, 0) is 27.7 Å². The quantitative estimate of drug-likeness (QED) is 0.243. The highest BCUT2D eigenvalue weighted by molar-refractivity contribution is 8.13. The number of carbonyl (C=O) groups excluding carboxylic acids is 2.